The van der Waals surface area contributed by atoms with Gasteiger partial charge in [-0.15, -0.1) is 11.8 Å². The molecule has 0 radical (unpaired) electrons. The fourth-order valence-electron chi connectivity index (χ4n) is 3.68. The second-order valence-electron chi connectivity index (χ2n) is 7.32. The zero-order valence-corrected chi connectivity index (χ0v) is 15.8. The Hall–Kier alpha value is -2.27. The van der Waals surface area contributed by atoms with E-state index in [-0.39, 0.29) is 24.1 Å². The Morgan fingerprint density at radius 3 is 2.50 bits per heavy atom. The highest BCUT2D eigenvalue weighted by Crippen LogP contribution is 2.48. The summed E-state index contributed by atoms with van der Waals surface area (Å²) in [6, 6.07) is 11.6. The van der Waals surface area contributed by atoms with Gasteiger partial charge in [-0.1, -0.05) is 12.1 Å². The van der Waals surface area contributed by atoms with Crippen molar-refractivity contribution in [1.82, 2.24) is 0 Å². The first-order valence-electron chi connectivity index (χ1n) is 8.62. The maximum absolute atomic E-state index is 12.6. The number of esters is 1. The predicted molar refractivity (Wildman–Crippen MR) is 100 cm³/mol. The van der Waals surface area contributed by atoms with Crippen molar-refractivity contribution in [2.24, 2.45) is 0 Å². The third-order valence-corrected chi connectivity index (χ3v) is 5.63. The average molecular weight is 368 g/mol. The Bertz CT molecular complexity index is 899. The molecular weight excluding hydrogens is 348 g/mol. The molecule has 2 aromatic carbocycles. The minimum Gasteiger partial charge on any atom is -0.486 e. The molecule has 0 amide bonds. The first-order chi connectivity index (χ1) is 12.4. The molecule has 2 aliphatic heterocycles. The summed E-state index contributed by atoms with van der Waals surface area (Å²) in [5.41, 5.74) is 1.83. The van der Waals surface area contributed by atoms with E-state index in [0.29, 0.717) is 23.5 Å². The maximum atomic E-state index is 12.6. The average Bonchev–Trinajstić information content (AvgIpc) is 2.59. The number of thioether (sulfide) groups is 1. The van der Waals surface area contributed by atoms with Crippen LogP contribution < -0.4 is 9.47 Å². The van der Waals surface area contributed by atoms with Crippen molar-refractivity contribution in [3.63, 3.8) is 0 Å². The van der Waals surface area contributed by atoms with Crippen LogP contribution in [0.25, 0.3) is 0 Å². The van der Waals surface area contributed by atoms with Gasteiger partial charge in [-0.25, -0.2) is 0 Å². The molecule has 4 nitrogen and oxygen atoms in total. The number of fused-ring (bicyclic) bond motifs is 3. The largest absolute Gasteiger partial charge is 0.486 e. The first-order valence-corrected chi connectivity index (χ1v) is 9.84. The van der Waals surface area contributed by atoms with E-state index in [0.717, 1.165) is 16.0 Å². The number of rotatable bonds is 2. The highest BCUT2D eigenvalue weighted by atomic mass is 32.2. The maximum Gasteiger partial charge on any atom is 0.312 e. The summed E-state index contributed by atoms with van der Waals surface area (Å²) in [5.74, 6) is 0.670. The first kappa shape index (κ1) is 17.2. The molecule has 0 fully saturated rings. The highest BCUT2D eigenvalue weighted by molar-refractivity contribution is 7.98. The lowest BCUT2D eigenvalue weighted by atomic mass is 9.82. The lowest BCUT2D eigenvalue weighted by molar-refractivity contribution is -0.135. The summed E-state index contributed by atoms with van der Waals surface area (Å²) in [4.78, 5) is 25.9. The van der Waals surface area contributed by atoms with E-state index in [2.05, 4.69) is 0 Å². The molecule has 2 heterocycles. The van der Waals surface area contributed by atoms with Crippen LogP contribution in [-0.4, -0.2) is 23.6 Å². The Kier molecular flexibility index (Phi) is 4.07. The fraction of sp³-hybridized carbons (Fsp3) is 0.333. The van der Waals surface area contributed by atoms with E-state index in [1.807, 2.05) is 44.4 Å². The van der Waals surface area contributed by atoms with Gasteiger partial charge in [0.2, 0.25) is 0 Å². The van der Waals surface area contributed by atoms with Crippen LogP contribution >= 0.6 is 11.8 Å². The quantitative estimate of drug-likeness (QED) is 0.441. The van der Waals surface area contributed by atoms with E-state index in [1.54, 1.807) is 23.9 Å². The van der Waals surface area contributed by atoms with Gasteiger partial charge in [0.25, 0.3) is 0 Å². The van der Waals surface area contributed by atoms with Crippen LogP contribution in [0.5, 0.6) is 11.5 Å². The Labute approximate surface area is 156 Å². The molecular formula is C21H20O4S. The lowest BCUT2D eigenvalue weighted by Crippen LogP contribution is -2.37. The normalized spacial score (nSPS) is 20.7. The number of carbonyl (C=O) groups excluding carboxylic acids is 2. The standard InChI is InChI=1S/C21H20O4S/c1-21(2)11-16(22)14-8-9-17-19(20(14)25-21)15(10-18(23)24-17)12-4-6-13(26-3)7-5-12/h4-9,15H,10-11H2,1-3H3/t15-/m1/s1. The van der Waals surface area contributed by atoms with Gasteiger partial charge in [-0.3, -0.25) is 9.59 Å². The number of ketones is 1. The van der Waals surface area contributed by atoms with Crippen LogP contribution in [0.2, 0.25) is 0 Å². The van der Waals surface area contributed by atoms with Crippen LogP contribution in [0.3, 0.4) is 0 Å². The van der Waals surface area contributed by atoms with E-state index in [4.69, 9.17) is 9.47 Å². The van der Waals surface area contributed by atoms with Gasteiger partial charge in [0.15, 0.2) is 5.78 Å². The van der Waals surface area contributed by atoms with Gasteiger partial charge in [0, 0.05) is 16.4 Å². The molecule has 0 bridgehead atoms. The fourth-order valence-corrected chi connectivity index (χ4v) is 4.09. The molecule has 0 aliphatic carbocycles. The molecule has 0 unspecified atom stereocenters. The van der Waals surface area contributed by atoms with Gasteiger partial charge in [0.05, 0.1) is 18.4 Å². The van der Waals surface area contributed by atoms with Gasteiger partial charge < -0.3 is 9.47 Å². The molecule has 2 aliphatic rings. The monoisotopic (exact) mass is 368 g/mol. The number of benzene rings is 2. The van der Waals surface area contributed by atoms with E-state index in [9.17, 15) is 9.59 Å². The third-order valence-electron chi connectivity index (χ3n) is 4.88. The van der Waals surface area contributed by atoms with Gasteiger partial charge >= 0.3 is 5.97 Å². The highest BCUT2D eigenvalue weighted by Gasteiger charge is 2.39. The minimum absolute atomic E-state index is 0.0624. The number of hydrogen-bond donors (Lipinski definition) is 0. The lowest BCUT2D eigenvalue weighted by Gasteiger charge is -2.36. The summed E-state index contributed by atoms with van der Waals surface area (Å²) >= 11 is 1.67. The Balaban J connectivity index is 1.88. The molecule has 0 saturated heterocycles. The second kappa shape index (κ2) is 6.16. The van der Waals surface area contributed by atoms with E-state index in [1.165, 1.54) is 0 Å². The summed E-state index contributed by atoms with van der Waals surface area (Å²) in [6.07, 6.45) is 2.60. The van der Waals surface area contributed by atoms with E-state index >= 15 is 0 Å². The van der Waals surface area contributed by atoms with Crippen LogP contribution in [0, 0.1) is 0 Å². The molecule has 4 rings (SSSR count). The van der Waals surface area contributed by atoms with Crippen molar-refractivity contribution in [2.45, 2.75) is 43.1 Å². The van der Waals surface area contributed by atoms with Crippen molar-refractivity contribution in [3.05, 3.63) is 53.1 Å². The minimum atomic E-state index is -0.575. The van der Waals surface area contributed by atoms with Crippen LogP contribution in [0.1, 0.15) is 54.1 Å². The van der Waals surface area contributed by atoms with Gasteiger partial charge in [0.1, 0.15) is 17.1 Å². The summed E-state index contributed by atoms with van der Waals surface area (Å²) < 4.78 is 11.7. The molecule has 2 aromatic rings. The number of hydrogen-bond acceptors (Lipinski definition) is 5. The molecule has 0 aromatic heterocycles. The van der Waals surface area contributed by atoms with Crippen molar-refractivity contribution in [1.29, 1.82) is 0 Å². The van der Waals surface area contributed by atoms with Crippen LogP contribution in [-0.2, 0) is 4.79 Å². The molecule has 1 atom stereocenters. The van der Waals surface area contributed by atoms with Crippen molar-refractivity contribution < 1.29 is 19.1 Å². The number of Topliss-reactive ketones (excluding diaryl/α,β-unsaturated/α-hetero) is 1. The van der Waals surface area contributed by atoms with Crippen LogP contribution in [0.15, 0.2) is 41.3 Å². The Morgan fingerprint density at radius 1 is 1.08 bits per heavy atom. The number of carbonyl (C=O) groups is 2. The molecule has 134 valence electrons. The topological polar surface area (TPSA) is 52.6 Å². The third kappa shape index (κ3) is 2.90. The smallest absolute Gasteiger partial charge is 0.312 e. The van der Waals surface area contributed by atoms with Crippen LogP contribution in [0.4, 0.5) is 0 Å². The SMILES string of the molecule is CSc1ccc([C@H]2CC(=O)Oc3ccc4c(c32)OC(C)(C)CC4=O)cc1. The molecule has 5 heteroatoms. The second-order valence-corrected chi connectivity index (χ2v) is 8.20. The summed E-state index contributed by atoms with van der Waals surface area (Å²) in [7, 11) is 0. The van der Waals surface area contributed by atoms with Gasteiger partial charge in [-0.05, 0) is 49.9 Å². The van der Waals surface area contributed by atoms with E-state index < -0.39 is 5.60 Å². The predicted octanol–water partition coefficient (Wildman–Crippen LogP) is 4.59. The van der Waals surface area contributed by atoms with Gasteiger partial charge in [-0.2, -0.15) is 0 Å². The summed E-state index contributed by atoms with van der Waals surface area (Å²) in [6.45, 7) is 3.81. The van der Waals surface area contributed by atoms with Crippen molar-refractivity contribution in [3.8, 4) is 11.5 Å². The molecule has 0 saturated carbocycles. The molecule has 0 N–H and O–H groups in total. The van der Waals surface area contributed by atoms with Crippen molar-refractivity contribution >= 4 is 23.5 Å². The number of ether oxygens (including phenoxy) is 2. The molecule has 26 heavy (non-hydrogen) atoms. The van der Waals surface area contributed by atoms with Crippen molar-refractivity contribution in [2.75, 3.05) is 6.26 Å². The zero-order chi connectivity index (χ0) is 18.5. The Morgan fingerprint density at radius 2 is 1.81 bits per heavy atom. The molecule has 0 spiro atoms. The summed E-state index contributed by atoms with van der Waals surface area (Å²) in [5, 5.41) is 0. The zero-order valence-electron chi connectivity index (χ0n) is 15.0.